The van der Waals surface area contributed by atoms with Gasteiger partial charge < -0.3 is 9.32 Å². The zero-order chi connectivity index (χ0) is 23.6. The summed E-state index contributed by atoms with van der Waals surface area (Å²) in [5, 5.41) is 11.3. The molecule has 0 N–H and O–H groups in total. The maximum absolute atomic E-state index is 13.7. The van der Waals surface area contributed by atoms with Crippen molar-refractivity contribution >= 4 is 40.7 Å². The standard InChI is InChI=1S/C25H17N3O6/c29-23(19-9-4-12-34-19)22-21-20(18-11-10-14-5-1-2-8-17(14)27(18)22)24(30)26(25(21)31)15-6-3-7-16(13-15)28(32)33/h1-13,18,20-22H/t18-,20+,21+,22-/m0/s1. The third-order valence-electron chi connectivity index (χ3n) is 6.75. The quantitative estimate of drug-likeness (QED) is 0.256. The van der Waals surface area contributed by atoms with Gasteiger partial charge in [-0.1, -0.05) is 36.4 Å². The molecule has 2 fully saturated rings. The number of benzene rings is 2. The van der Waals surface area contributed by atoms with Gasteiger partial charge in [0.1, 0.15) is 6.04 Å². The van der Waals surface area contributed by atoms with Gasteiger partial charge in [-0.15, -0.1) is 0 Å². The number of Topliss-reactive ketones (excluding diaryl/α,β-unsaturated/α-hetero) is 1. The number of carbonyl (C=O) groups is 3. The summed E-state index contributed by atoms with van der Waals surface area (Å²) >= 11 is 0. The van der Waals surface area contributed by atoms with E-state index in [1.165, 1.54) is 36.6 Å². The van der Waals surface area contributed by atoms with Crippen LogP contribution < -0.4 is 9.80 Å². The summed E-state index contributed by atoms with van der Waals surface area (Å²) < 4.78 is 5.36. The first-order chi connectivity index (χ1) is 16.5. The maximum atomic E-state index is 13.7. The minimum Gasteiger partial charge on any atom is -0.461 e. The van der Waals surface area contributed by atoms with Gasteiger partial charge in [-0.3, -0.25) is 24.5 Å². The Bertz CT molecular complexity index is 1400. The average molecular weight is 455 g/mol. The molecule has 1 aromatic heterocycles. The number of nitro groups is 1. The lowest BCUT2D eigenvalue weighted by atomic mass is 9.87. The number of carbonyl (C=O) groups excluding carboxylic acids is 3. The van der Waals surface area contributed by atoms with Crippen LogP contribution in [-0.2, 0) is 9.59 Å². The second-order valence-electron chi connectivity index (χ2n) is 8.44. The number of nitro benzene ring substituents is 1. The number of amides is 2. The van der Waals surface area contributed by atoms with E-state index in [1.54, 1.807) is 6.07 Å². The van der Waals surface area contributed by atoms with E-state index in [4.69, 9.17) is 4.42 Å². The summed E-state index contributed by atoms with van der Waals surface area (Å²) in [5.74, 6) is -3.12. The monoisotopic (exact) mass is 455 g/mol. The molecule has 4 atom stereocenters. The molecule has 0 bridgehead atoms. The SMILES string of the molecule is O=C(c1ccco1)[C@@H]1[C@@H]2C(=O)N(c3cccc([N+](=O)[O-])c3)C(=O)[C@@H]2[C@@H]2C=Cc3ccccc3N12. The van der Waals surface area contributed by atoms with E-state index in [0.717, 1.165) is 16.2 Å². The number of hydrogen-bond donors (Lipinski definition) is 0. The lowest BCUT2D eigenvalue weighted by molar-refractivity contribution is -0.384. The number of ketones is 1. The largest absolute Gasteiger partial charge is 0.461 e. The van der Waals surface area contributed by atoms with Crippen molar-refractivity contribution in [2.24, 2.45) is 11.8 Å². The van der Waals surface area contributed by atoms with Crippen LogP contribution in [0, 0.1) is 22.0 Å². The van der Waals surface area contributed by atoms with E-state index in [9.17, 15) is 24.5 Å². The first kappa shape index (κ1) is 20.1. The van der Waals surface area contributed by atoms with Crippen LogP contribution in [0.15, 0.2) is 77.4 Å². The molecule has 2 saturated heterocycles. The zero-order valence-electron chi connectivity index (χ0n) is 17.6. The van der Waals surface area contributed by atoms with E-state index in [1.807, 2.05) is 41.3 Å². The Labute approximate surface area is 193 Å². The molecule has 0 spiro atoms. The Hall–Kier alpha value is -4.53. The number of fused-ring (bicyclic) bond motifs is 5. The Morgan fingerprint density at radius 2 is 1.76 bits per heavy atom. The van der Waals surface area contributed by atoms with Crippen LogP contribution in [0.2, 0.25) is 0 Å². The maximum Gasteiger partial charge on any atom is 0.271 e. The van der Waals surface area contributed by atoms with Crippen molar-refractivity contribution in [2.45, 2.75) is 12.1 Å². The summed E-state index contributed by atoms with van der Waals surface area (Å²) in [7, 11) is 0. The zero-order valence-corrected chi connectivity index (χ0v) is 17.6. The van der Waals surface area contributed by atoms with Crippen LogP contribution in [-0.4, -0.2) is 34.6 Å². The van der Waals surface area contributed by atoms with Crippen molar-refractivity contribution in [3.05, 3.63) is 94.4 Å². The van der Waals surface area contributed by atoms with Crippen molar-refractivity contribution in [3.8, 4) is 0 Å². The van der Waals surface area contributed by atoms with Crippen molar-refractivity contribution in [2.75, 3.05) is 9.80 Å². The van der Waals surface area contributed by atoms with Crippen LogP contribution in [0.5, 0.6) is 0 Å². The van der Waals surface area contributed by atoms with Gasteiger partial charge in [0.15, 0.2) is 5.76 Å². The number of nitrogens with zero attached hydrogens (tertiary/aromatic N) is 3. The van der Waals surface area contributed by atoms with Crippen molar-refractivity contribution in [1.29, 1.82) is 0 Å². The fraction of sp³-hybridized carbons (Fsp3) is 0.160. The fourth-order valence-corrected chi connectivity index (χ4v) is 5.38. The Morgan fingerprint density at radius 3 is 2.53 bits per heavy atom. The normalized spacial score (nSPS) is 24.7. The number of non-ortho nitro benzene ring substituents is 1. The van der Waals surface area contributed by atoms with E-state index in [-0.39, 0.29) is 17.1 Å². The summed E-state index contributed by atoms with van der Waals surface area (Å²) in [6.07, 6.45) is 5.12. The summed E-state index contributed by atoms with van der Waals surface area (Å²) in [6.45, 7) is 0. The van der Waals surface area contributed by atoms with Gasteiger partial charge in [0.25, 0.3) is 5.69 Å². The summed E-state index contributed by atoms with van der Waals surface area (Å²) in [6, 6.07) is 14.5. The Kier molecular flexibility index (Phi) is 4.28. The molecule has 34 heavy (non-hydrogen) atoms. The third-order valence-corrected chi connectivity index (χ3v) is 6.75. The van der Waals surface area contributed by atoms with Crippen molar-refractivity contribution in [3.63, 3.8) is 0 Å². The lowest BCUT2D eigenvalue weighted by Crippen LogP contribution is -2.48. The van der Waals surface area contributed by atoms with Gasteiger partial charge in [-0.2, -0.15) is 0 Å². The molecule has 0 unspecified atom stereocenters. The molecule has 9 heteroatoms. The molecule has 6 rings (SSSR count). The lowest BCUT2D eigenvalue weighted by Gasteiger charge is -2.36. The molecule has 2 amide bonds. The highest BCUT2D eigenvalue weighted by Crippen LogP contribution is 2.49. The van der Waals surface area contributed by atoms with Crippen LogP contribution in [0.25, 0.3) is 6.08 Å². The van der Waals surface area contributed by atoms with Crippen molar-refractivity contribution in [1.82, 2.24) is 0 Å². The Balaban J connectivity index is 1.49. The predicted molar refractivity (Wildman–Crippen MR) is 121 cm³/mol. The highest BCUT2D eigenvalue weighted by molar-refractivity contribution is 6.25. The van der Waals surface area contributed by atoms with Crippen molar-refractivity contribution < 1.29 is 23.7 Å². The first-order valence-electron chi connectivity index (χ1n) is 10.7. The van der Waals surface area contributed by atoms with Gasteiger partial charge in [0.2, 0.25) is 17.6 Å². The smallest absolute Gasteiger partial charge is 0.271 e. The van der Waals surface area contributed by atoms with Crippen LogP contribution in [0.3, 0.4) is 0 Å². The molecule has 168 valence electrons. The van der Waals surface area contributed by atoms with Crippen LogP contribution in [0.1, 0.15) is 16.1 Å². The first-order valence-corrected chi connectivity index (χ1v) is 10.7. The number of rotatable bonds is 4. The van der Waals surface area contributed by atoms with E-state index < -0.39 is 46.4 Å². The van der Waals surface area contributed by atoms with E-state index >= 15 is 0 Å². The molecule has 3 aliphatic rings. The topological polar surface area (TPSA) is 114 Å². The van der Waals surface area contributed by atoms with E-state index in [2.05, 4.69) is 0 Å². The molecule has 0 aliphatic carbocycles. The number of hydrogen-bond acceptors (Lipinski definition) is 7. The Morgan fingerprint density at radius 1 is 0.971 bits per heavy atom. The summed E-state index contributed by atoms with van der Waals surface area (Å²) in [4.78, 5) is 54.5. The second-order valence-corrected chi connectivity index (χ2v) is 8.44. The van der Waals surface area contributed by atoms with Gasteiger partial charge in [-0.05, 0) is 29.8 Å². The highest BCUT2D eigenvalue weighted by Gasteiger charge is 2.64. The molecule has 2 aromatic carbocycles. The molecular formula is C25H17N3O6. The minimum absolute atomic E-state index is 0.102. The molecule has 3 aliphatic heterocycles. The number of para-hydroxylation sites is 1. The average Bonchev–Trinajstić information content (AvgIpc) is 3.55. The third kappa shape index (κ3) is 2.70. The number of anilines is 2. The molecule has 0 radical (unpaired) electrons. The van der Waals surface area contributed by atoms with Gasteiger partial charge in [0.05, 0.1) is 34.8 Å². The van der Waals surface area contributed by atoms with Gasteiger partial charge in [-0.25, -0.2) is 4.90 Å². The van der Waals surface area contributed by atoms with E-state index in [0.29, 0.717) is 0 Å². The molecule has 3 aromatic rings. The predicted octanol–water partition coefficient (Wildman–Crippen LogP) is 3.46. The fourth-order valence-electron chi connectivity index (χ4n) is 5.38. The molecule has 4 heterocycles. The summed E-state index contributed by atoms with van der Waals surface area (Å²) in [5.41, 5.74) is 1.53. The molecular weight excluding hydrogens is 438 g/mol. The van der Waals surface area contributed by atoms with Gasteiger partial charge in [0, 0.05) is 17.8 Å². The highest BCUT2D eigenvalue weighted by atomic mass is 16.6. The molecule has 0 saturated carbocycles. The second kappa shape index (κ2) is 7.24. The van der Waals surface area contributed by atoms with Crippen LogP contribution in [0.4, 0.5) is 17.1 Å². The van der Waals surface area contributed by atoms with Crippen LogP contribution >= 0.6 is 0 Å². The number of imide groups is 1. The molecule has 9 nitrogen and oxygen atoms in total. The van der Waals surface area contributed by atoms with Gasteiger partial charge >= 0.3 is 0 Å². The number of furan rings is 1. The minimum atomic E-state index is -0.967.